The molecule has 5 nitrogen and oxygen atoms in total. The minimum absolute atomic E-state index is 0.0834. The van der Waals surface area contributed by atoms with E-state index in [1.54, 1.807) is 6.07 Å². The first kappa shape index (κ1) is 17.2. The molecule has 0 spiro atoms. The second-order valence-electron chi connectivity index (χ2n) is 6.87. The van der Waals surface area contributed by atoms with Gasteiger partial charge in [0.15, 0.2) is 0 Å². The van der Waals surface area contributed by atoms with Crippen molar-refractivity contribution in [1.29, 1.82) is 0 Å². The summed E-state index contributed by atoms with van der Waals surface area (Å²) in [7, 11) is 0. The number of nitrogens with zero attached hydrogens (tertiary/aromatic N) is 3. The van der Waals surface area contributed by atoms with Crippen LogP contribution in [0.1, 0.15) is 33.9 Å². The average Bonchev–Trinajstić information content (AvgIpc) is 2.66. The van der Waals surface area contributed by atoms with Gasteiger partial charge in [0.1, 0.15) is 17.3 Å². The fourth-order valence-electron chi connectivity index (χ4n) is 3.49. The van der Waals surface area contributed by atoms with Gasteiger partial charge in [0.05, 0.1) is 0 Å². The molecule has 5 heteroatoms. The highest BCUT2D eigenvalue weighted by Crippen LogP contribution is 2.28. The van der Waals surface area contributed by atoms with Crippen LogP contribution < -0.4 is 10.2 Å². The predicted octanol–water partition coefficient (Wildman–Crippen LogP) is 4.43. The summed E-state index contributed by atoms with van der Waals surface area (Å²) >= 11 is 0. The fourth-order valence-corrected chi connectivity index (χ4v) is 3.49. The number of hydrogen-bond donors (Lipinski definition) is 1. The van der Waals surface area contributed by atoms with Gasteiger partial charge in [-0.1, -0.05) is 30.3 Å². The summed E-state index contributed by atoms with van der Waals surface area (Å²) < 4.78 is 0. The number of nitrogens with one attached hydrogen (secondary N) is 1. The minimum atomic E-state index is -0.0834. The summed E-state index contributed by atoms with van der Waals surface area (Å²) in [6, 6.07) is 17.9. The van der Waals surface area contributed by atoms with Crippen LogP contribution >= 0.6 is 0 Å². The number of rotatable bonds is 3. The maximum absolute atomic E-state index is 13.2. The Kier molecular flexibility index (Phi) is 4.59. The maximum atomic E-state index is 13.2. The molecule has 1 N–H and O–H groups in total. The van der Waals surface area contributed by atoms with Crippen LogP contribution in [0, 0.1) is 13.8 Å². The second-order valence-corrected chi connectivity index (χ2v) is 6.87. The van der Waals surface area contributed by atoms with E-state index in [-0.39, 0.29) is 5.91 Å². The van der Waals surface area contributed by atoms with Gasteiger partial charge in [0, 0.05) is 24.0 Å². The van der Waals surface area contributed by atoms with Crippen molar-refractivity contribution in [2.24, 2.45) is 0 Å². The molecule has 1 aliphatic heterocycles. The molecule has 2 heterocycles. The Balaban J connectivity index is 1.64. The summed E-state index contributed by atoms with van der Waals surface area (Å²) in [4.78, 5) is 23.8. The highest BCUT2D eigenvalue weighted by atomic mass is 16.2. The Bertz CT molecular complexity index is 999. The number of carbonyl (C=O) groups excluding carboxylic acids is 1. The zero-order valence-electron chi connectivity index (χ0n) is 15.6. The van der Waals surface area contributed by atoms with E-state index >= 15 is 0 Å². The number of para-hydroxylation sites is 1. The topological polar surface area (TPSA) is 58.1 Å². The number of anilines is 3. The van der Waals surface area contributed by atoms with Crippen molar-refractivity contribution >= 4 is 23.1 Å². The lowest BCUT2D eigenvalue weighted by atomic mass is 10.0. The van der Waals surface area contributed by atoms with E-state index < -0.39 is 0 Å². The van der Waals surface area contributed by atoms with Crippen molar-refractivity contribution in [3.8, 4) is 0 Å². The summed E-state index contributed by atoms with van der Waals surface area (Å²) in [6.07, 6.45) is 1.96. The number of carbonyl (C=O) groups is 1. The molecule has 0 fully saturated rings. The Morgan fingerprint density at radius 2 is 1.89 bits per heavy atom. The van der Waals surface area contributed by atoms with Crippen molar-refractivity contribution in [3.63, 3.8) is 0 Å². The Labute approximate surface area is 159 Å². The number of aryl methyl sites for hydroxylation is 3. The molecule has 0 radical (unpaired) electrons. The lowest BCUT2D eigenvalue weighted by Crippen LogP contribution is -2.36. The predicted molar refractivity (Wildman–Crippen MR) is 108 cm³/mol. The van der Waals surface area contributed by atoms with E-state index in [2.05, 4.69) is 21.4 Å². The van der Waals surface area contributed by atoms with Gasteiger partial charge in [-0.05, 0) is 56.0 Å². The van der Waals surface area contributed by atoms with Crippen LogP contribution in [-0.4, -0.2) is 22.4 Å². The van der Waals surface area contributed by atoms with Crippen molar-refractivity contribution in [3.05, 3.63) is 77.2 Å². The number of fused-ring (bicyclic) bond motifs is 1. The van der Waals surface area contributed by atoms with Crippen LogP contribution in [0.2, 0.25) is 0 Å². The first-order valence-electron chi connectivity index (χ1n) is 9.19. The molecule has 0 aliphatic carbocycles. The van der Waals surface area contributed by atoms with Crippen molar-refractivity contribution in [1.82, 2.24) is 9.97 Å². The van der Waals surface area contributed by atoms with Gasteiger partial charge in [-0.2, -0.15) is 0 Å². The van der Waals surface area contributed by atoms with Gasteiger partial charge in [-0.3, -0.25) is 4.79 Å². The number of hydrogen-bond acceptors (Lipinski definition) is 4. The van der Waals surface area contributed by atoms with Gasteiger partial charge in [0.2, 0.25) is 0 Å². The van der Waals surface area contributed by atoms with Crippen LogP contribution in [0.15, 0.2) is 54.6 Å². The molecule has 0 unspecified atom stereocenters. The minimum Gasteiger partial charge on any atom is -0.340 e. The summed E-state index contributed by atoms with van der Waals surface area (Å²) in [6.45, 7) is 4.56. The largest absolute Gasteiger partial charge is 0.340 e. The fraction of sp³-hybridized carbons (Fsp3) is 0.227. The first-order chi connectivity index (χ1) is 13.1. The Morgan fingerprint density at radius 1 is 1.04 bits per heavy atom. The standard InChI is InChI=1S/C22H22N4O/c1-15-7-5-10-18(13-15)25-21-14-19(23-16(2)24-21)22(27)26-12-6-9-17-8-3-4-11-20(17)26/h3-5,7-8,10-11,13-14H,6,9,12H2,1-2H3,(H,23,24,25). The van der Waals surface area contributed by atoms with Crippen molar-refractivity contribution in [2.45, 2.75) is 26.7 Å². The normalized spacial score (nSPS) is 13.2. The van der Waals surface area contributed by atoms with E-state index in [4.69, 9.17) is 0 Å². The summed E-state index contributed by atoms with van der Waals surface area (Å²) in [5.41, 5.74) is 4.70. The average molecular weight is 358 g/mol. The molecular formula is C22H22N4O. The third-order valence-corrected chi connectivity index (χ3v) is 4.70. The zero-order valence-corrected chi connectivity index (χ0v) is 15.6. The zero-order chi connectivity index (χ0) is 18.8. The molecule has 0 bridgehead atoms. The van der Waals surface area contributed by atoms with E-state index in [0.717, 1.165) is 29.8 Å². The first-order valence-corrected chi connectivity index (χ1v) is 9.19. The Hall–Kier alpha value is -3.21. The maximum Gasteiger partial charge on any atom is 0.277 e. The highest BCUT2D eigenvalue weighted by Gasteiger charge is 2.24. The molecule has 4 rings (SSSR count). The van der Waals surface area contributed by atoms with Crippen LogP contribution in [0.3, 0.4) is 0 Å². The molecule has 0 saturated heterocycles. The summed E-state index contributed by atoms with van der Waals surface area (Å²) in [5, 5.41) is 3.28. The monoisotopic (exact) mass is 358 g/mol. The van der Waals surface area contributed by atoms with Gasteiger partial charge in [-0.25, -0.2) is 9.97 Å². The van der Waals surface area contributed by atoms with Gasteiger partial charge >= 0.3 is 0 Å². The lowest BCUT2D eigenvalue weighted by Gasteiger charge is -2.29. The van der Waals surface area contributed by atoms with Gasteiger partial charge in [0.25, 0.3) is 5.91 Å². The number of benzene rings is 2. The molecule has 1 aliphatic rings. The molecule has 3 aromatic rings. The highest BCUT2D eigenvalue weighted by molar-refractivity contribution is 6.05. The molecular weight excluding hydrogens is 336 g/mol. The second kappa shape index (κ2) is 7.19. The molecule has 1 aromatic heterocycles. The van der Waals surface area contributed by atoms with Gasteiger partial charge in [-0.15, -0.1) is 0 Å². The molecule has 0 atom stereocenters. The SMILES string of the molecule is Cc1cccc(Nc2cc(C(=O)N3CCCc4ccccc43)nc(C)n2)c1. The van der Waals surface area contributed by atoms with Crippen LogP contribution in [0.4, 0.5) is 17.2 Å². The van der Waals surface area contributed by atoms with Crippen molar-refractivity contribution < 1.29 is 4.79 Å². The van der Waals surface area contributed by atoms with E-state index in [0.29, 0.717) is 23.9 Å². The third-order valence-electron chi connectivity index (χ3n) is 4.70. The molecule has 136 valence electrons. The Morgan fingerprint density at radius 3 is 2.74 bits per heavy atom. The van der Waals surface area contributed by atoms with Crippen LogP contribution in [-0.2, 0) is 6.42 Å². The quantitative estimate of drug-likeness (QED) is 0.752. The molecule has 0 saturated carbocycles. The molecule has 1 amide bonds. The number of amides is 1. The lowest BCUT2D eigenvalue weighted by molar-refractivity contribution is 0.0980. The smallest absolute Gasteiger partial charge is 0.277 e. The van der Waals surface area contributed by atoms with Gasteiger partial charge < -0.3 is 10.2 Å². The van der Waals surface area contributed by atoms with E-state index in [1.165, 1.54) is 5.56 Å². The number of aromatic nitrogens is 2. The van der Waals surface area contributed by atoms with Crippen molar-refractivity contribution in [2.75, 3.05) is 16.8 Å². The third kappa shape index (κ3) is 3.67. The summed E-state index contributed by atoms with van der Waals surface area (Å²) in [5.74, 6) is 1.11. The van der Waals surface area contributed by atoms with Crippen LogP contribution in [0.5, 0.6) is 0 Å². The molecule has 2 aromatic carbocycles. The van der Waals surface area contributed by atoms with E-state index in [9.17, 15) is 4.79 Å². The van der Waals surface area contributed by atoms with E-state index in [1.807, 2.05) is 61.2 Å². The van der Waals surface area contributed by atoms with Crippen LogP contribution in [0.25, 0.3) is 0 Å². The molecule has 27 heavy (non-hydrogen) atoms.